The Morgan fingerprint density at radius 3 is 2.27 bits per heavy atom. The molecule has 1 aliphatic heterocycles. The third-order valence-corrected chi connectivity index (χ3v) is 5.57. The van der Waals surface area contributed by atoms with Gasteiger partial charge in [0.25, 0.3) is 6.47 Å². The van der Waals surface area contributed by atoms with Crippen molar-refractivity contribution in [3.8, 4) is 22.3 Å². The van der Waals surface area contributed by atoms with Gasteiger partial charge < -0.3 is 10.1 Å². The second kappa shape index (κ2) is 9.40. The first-order valence-corrected chi connectivity index (χ1v) is 10.1. The number of carbonyl (C=O) groups excluding carboxylic acids is 2. The number of aldehydes is 1. The van der Waals surface area contributed by atoms with Crippen LogP contribution in [0, 0.1) is 13.8 Å². The van der Waals surface area contributed by atoms with E-state index in [1.807, 2.05) is 0 Å². The Labute approximate surface area is 177 Å². The summed E-state index contributed by atoms with van der Waals surface area (Å²) >= 11 is 0. The molecule has 1 aliphatic rings. The van der Waals surface area contributed by atoms with Crippen molar-refractivity contribution in [1.29, 1.82) is 0 Å². The highest BCUT2D eigenvalue weighted by Crippen LogP contribution is 2.46. The first kappa shape index (κ1) is 21.3. The van der Waals surface area contributed by atoms with Gasteiger partial charge in [-0.05, 0) is 53.6 Å². The molecule has 3 aromatic rings. The van der Waals surface area contributed by atoms with E-state index in [1.54, 1.807) is 0 Å². The van der Waals surface area contributed by atoms with Crippen molar-refractivity contribution in [2.24, 2.45) is 0 Å². The molecule has 1 N–H and O–H groups in total. The van der Waals surface area contributed by atoms with Gasteiger partial charge in [0.2, 0.25) is 0 Å². The van der Waals surface area contributed by atoms with Gasteiger partial charge in [-0.3, -0.25) is 9.59 Å². The predicted molar refractivity (Wildman–Crippen MR) is 122 cm³/mol. The number of fused-ring (bicyclic) bond motifs is 3. The first-order chi connectivity index (χ1) is 14.6. The van der Waals surface area contributed by atoms with E-state index in [9.17, 15) is 4.79 Å². The summed E-state index contributed by atoms with van der Waals surface area (Å²) < 4.78 is 3.86. The van der Waals surface area contributed by atoms with E-state index in [1.165, 1.54) is 34.9 Å². The van der Waals surface area contributed by atoms with Crippen LogP contribution in [0.25, 0.3) is 22.3 Å². The monoisotopic (exact) mass is 401 g/mol. The summed E-state index contributed by atoms with van der Waals surface area (Å²) in [7, 11) is 1.31. The zero-order valence-electron chi connectivity index (χ0n) is 17.9. The van der Waals surface area contributed by atoms with Gasteiger partial charge in [0.1, 0.15) is 0 Å². The van der Waals surface area contributed by atoms with Gasteiger partial charge in [-0.2, -0.15) is 0 Å². The van der Waals surface area contributed by atoms with Crippen LogP contribution in [0.5, 0.6) is 0 Å². The minimum Gasteiger partial charge on any atom is -0.471 e. The summed E-state index contributed by atoms with van der Waals surface area (Å²) in [6, 6.07) is 16.9. The molecule has 0 saturated heterocycles. The molecular formula is C26H27NO3. The van der Waals surface area contributed by atoms with Crippen LogP contribution in [0.15, 0.2) is 48.5 Å². The molecule has 0 fully saturated rings. The fraction of sp³-hybridized carbons (Fsp3) is 0.231. The molecular weight excluding hydrogens is 374 g/mol. The lowest BCUT2D eigenvalue weighted by Gasteiger charge is -2.29. The number of aryl methyl sites for hydroxylation is 1. The van der Waals surface area contributed by atoms with Gasteiger partial charge >= 0.3 is 0 Å². The molecule has 3 aromatic carbocycles. The quantitative estimate of drug-likeness (QED) is 0.568. The van der Waals surface area contributed by atoms with Gasteiger partial charge in [-0.25, -0.2) is 0 Å². The number of ether oxygens (including phenoxy) is 1. The van der Waals surface area contributed by atoms with Gasteiger partial charge in [-0.1, -0.05) is 61.0 Å². The number of nitrogens with one attached hydrogen (secondary N) is 1. The van der Waals surface area contributed by atoms with Gasteiger partial charge in [0.05, 0.1) is 7.11 Å². The van der Waals surface area contributed by atoms with Crippen molar-refractivity contribution in [2.45, 2.75) is 33.7 Å². The lowest BCUT2D eigenvalue weighted by atomic mass is 9.81. The summed E-state index contributed by atoms with van der Waals surface area (Å²) in [5, 5.41) is 3.57. The highest BCUT2D eigenvalue weighted by atomic mass is 16.5. The molecule has 4 nitrogen and oxygen atoms in total. The summed E-state index contributed by atoms with van der Waals surface area (Å²) in [4.78, 5) is 21.3. The van der Waals surface area contributed by atoms with Crippen LogP contribution in [0.4, 0.5) is 5.69 Å². The molecule has 30 heavy (non-hydrogen) atoms. The predicted octanol–water partition coefficient (Wildman–Crippen LogP) is 5.73. The maximum absolute atomic E-state index is 12.3. The van der Waals surface area contributed by atoms with Crippen LogP contribution in [-0.2, 0) is 22.5 Å². The number of carbonyl (C=O) groups is 2. The molecule has 4 heteroatoms. The minimum absolute atomic E-state index is 0.375. The maximum Gasteiger partial charge on any atom is 0.292 e. The van der Waals surface area contributed by atoms with Gasteiger partial charge in [0, 0.05) is 23.4 Å². The van der Waals surface area contributed by atoms with E-state index < -0.39 is 0 Å². The fourth-order valence-corrected chi connectivity index (χ4v) is 4.16. The highest BCUT2D eigenvalue weighted by Gasteiger charge is 2.26. The summed E-state index contributed by atoms with van der Waals surface area (Å²) in [5.74, 6) is 0. The van der Waals surface area contributed by atoms with E-state index in [2.05, 4.69) is 79.4 Å². The molecule has 0 bridgehead atoms. The lowest BCUT2D eigenvalue weighted by molar-refractivity contribution is -0.126. The molecule has 0 radical (unpaired) electrons. The van der Waals surface area contributed by atoms with E-state index >= 15 is 0 Å². The van der Waals surface area contributed by atoms with Gasteiger partial charge in [-0.15, -0.1) is 0 Å². The maximum atomic E-state index is 12.3. The second-order valence-corrected chi connectivity index (χ2v) is 7.32. The molecule has 0 saturated carbocycles. The van der Waals surface area contributed by atoms with E-state index in [-0.39, 0.29) is 0 Å². The molecule has 0 amide bonds. The van der Waals surface area contributed by atoms with Crippen molar-refractivity contribution < 1.29 is 14.3 Å². The number of anilines is 1. The number of methoxy groups -OCH3 is 1. The third-order valence-electron chi connectivity index (χ3n) is 5.57. The van der Waals surface area contributed by atoms with Gasteiger partial charge in [0.15, 0.2) is 6.29 Å². The zero-order valence-corrected chi connectivity index (χ0v) is 17.9. The Balaban J connectivity index is 0.000000589. The van der Waals surface area contributed by atoms with Crippen LogP contribution in [0.2, 0.25) is 0 Å². The smallest absolute Gasteiger partial charge is 0.292 e. The molecule has 0 aliphatic carbocycles. The normalized spacial score (nSPS) is 11.2. The average molecular weight is 402 g/mol. The van der Waals surface area contributed by atoms with Crippen molar-refractivity contribution >= 4 is 18.4 Å². The van der Waals surface area contributed by atoms with E-state index in [0.717, 1.165) is 47.2 Å². The minimum atomic E-state index is 0.375. The Bertz CT molecular complexity index is 1070. The molecule has 1 heterocycles. The van der Waals surface area contributed by atoms with Crippen molar-refractivity contribution in [1.82, 2.24) is 0 Å². The number of hydrogen-bond donors (Lipinski definition) is 1. The van der Waals surface area contributed by atoms with Crippen LogP contribution >= 0.6 is 0 Å². The molecule has 4 rings (SSSR count). The molecule has 0 atom stereocenters. The van der Waals surface area contributed by atoms with E-state index in [4.69, 9.17) is 4.79 Å². The SMILES string of the molecule is CCc1c(C)c2c(c(C=O)c1-c1ccc(C)cc1)-c1ccccc1CN2.COC=O. The second-order valence-electron chi connectivity index (χ2n) is 7.32. The zero-order chi connectivity index (χ0) is 21.7. The summed E-state index contributed by atoms with van der Waals surface area (Å²) in [6.07, 6.45) is 1.93. The van der Waals surface area contributed by atoms with Crippen LogP contribution in [-0.4, -0.2) is 19.9 Å². The Morgan fingerprint density at radius 1 is 1.00 bits per heavy atom. The Kier molecular flexibility index (Phi) is 6.68. The molecule has 154 valence electrons. The highest BCUT2D eigenvalue weighted by molar-refractivity contribution is 6.04. The first-order valence-electron chi connectivity index (χ1n) is 10.1. The number of rotatable bonds is 4. The standard InChI is InChI=1S/C24H23NO.C2H4O2/c1-4-19-16(3)24-23(20-8-6-5-7-18(20)13-25-24)21(14-26)22(19)17-11-9-15(2)10-12-17;1-4-2-3/h5-12,14,25H,4,13H2,1-3H3;2H,1H3. The number of benzene rings is 3. The van der Waals surface area contributed by atoms with Crippen molar-refractivity contribution in [2.75, 3.05) is 12.4 Å². The van der Waals surface area contributed by atoms with Crippen molar-refractivity contribution in [3.05, 3.63) is 76.3 Å². The number of hydrogen-bond acceptors (Lipinski definition) is 4. The average Bonchev–Trinajstić information content (AvgIpc) is 2.79. The van der Waals surface area contributed by atoms with E-state index in [0.29, 0.717) is 6.47 Å². The van der Waals surface area contributed by atoms with Crippen LogP contribution in [0.3, 0.4) is 0 Å². The summed E-state index contributed by atoms with van der Waals surface area (Å²) in [5.41, 5.74) is 11.3. The fourth-order valence-electron chi connectivity index (χ4n) is 4.16. The van der Waals surface area contributed by atoms with Crippen molar-refractivity contribution in [3.63, 3.8) is 0 Å². The molecule has 0 aromatic heterocycles. The lowest BCUT2D eigenvalue weighted by Crippen LogP contribution is -2.14. The largest absolute Gasteiger partial charge is 0.471 e. The third kappa shape index (κ3) is 3.86. The molecule has 0 unspecified atom stereocenters. The summed E-state index contributed by atoms with van der Waals surface area (Å²) in [6.45, 7) is 7.60. The molecule has 0 spiro atoms. The Morgan fingerprint density at radius 2 is 1.67 bits per heavy atom. The topological polar surface area (TPSA) is 55.4 Å². The van der Waals surface area contributed by atoms with Crippen LogP contribution in [0.1, 0.15) is 39.5 Å². The van der Waals surface area contributed by atoms with Crippen LogP contribution < -0.4 is 5.32 Å². The Hall–Kier alpha value is -3.40.